The van der Waals surface area contributed by atoms with E-state index in [1.54, 1.807) is 17.8 Å². The van der Waals surface area contributed by atoms with Crippen molar-refractivity contribution in [3.05, 3.63) is 46.8 Å². The van der Waals surface area contributed by atoms with Gasteiger partial charge in [-0.05, 0) is 44.0 Å². The summed E-state index contributed by atoms with van der Waals surface area (Å²) >= 11 is 0. The van der Waals surface area contributed by atoms with Gasteiger partial charge in [-0.25, -0.2) is 0 Å². The van der Waals surface area contributed by atoms with Gasteiger partial charge >= 0.3 is 0 Å². The molecule has 0 radical (unpaired) electrons. The molecule has 94 valence electrons. The molecule has 2 rings (SSSR count). The third-order valence-electron chi connectivity index (χ3n) is 3.09. The minimum Gasteiger partial charge on any atom is -0.320 e. The van der Waals surface area contributed by atoms with E-state index in [0.717, 1.165) is 22.5 Å². The SMILES string of the molecule is Cc1cc(C(=O)Nc2cccc(C)c2C)n(C)n1. The zero-order chi connectivity index (χ0) is 13.3. The molecule has 1 aromatic heterocycles. The zero-order valence-corrected chi connectivity index (χ0v) is 11.1. The van der Waals surface area contributed by atoms with E-state index in [0.29, 0.717) is 5.69 Å². The van der Waals surface area contributed by atoms with Crippen LogP contribution in [0.1, 0.15) is 27.3 Å². The molecule has 0 bridgehead atoms. The van der Waals surface area contributed by atoms with Gasteiger partial charge in [0.2, 0.25) is 0 Å². The van der Waals surface area contributed by atoms with Gasteiger partial charge in [-0.2, -0.15) is 5.10 Å². The fourth-order valence-corrected chi connectivity index (χ4v) is 1.90. The molecule has 1 N–H and O–H groups in total. The number of anilines is 1. The summed E-state index contributed by atoms with van der Waals surface area (Å²) in [6.45, 7) is 5.90. The van der Waals surface area contributed by atoms with Crippen molar-refractivity contribution in [1.29, 1.82) is 0 Å². The number of carbonyl (C=O) groups excluding carboxylic acids is 1. The van der Waals surface area contributed by atoms with Gasteiger partial charge < -0.3 is 5.32 Å². The lowest BCUT2D eigenvalue weighted by Crippen LogP contribution is -2.16. The van der Waals surface area contributed by atoms with Crippen molar-refractivity contribution < 1.29 is 4.79 Å². The van der Waals surface area contributed by atoms with Gasteiger partial charge in [0.25, 0.3) is 5.91 Å². The van der Waals surface area contributed by atoms with Crippen molar-refractivity contribution in [2.75, 3.05) is 5.32 Å². The molecule has 1 heterocycles. The Morgan fingerprint density at radius 1 is 1.28 bits per heavy atom. The van der Waals surface area contributed by atoms with Crippen LogP contribution in [0.4, 0.5) is 5.69 Å². The highest BCUT2D eigenvalue weighted by Gasteiger charge is 2.13. The van der Waals surface area contributed by atoms with Crippen molar-refractivity contribution in [2.45, 2.75) is 20.8 Å². The second kappa shape index (κ2) is 4.64. The molecule has 0 aliphatic rings. The number of aryl methyl sites for hydroxylation is 3. The van der Waals surface area contributed by atoms with E-state index in [1.807, 2.05) is 39.0 Å². The molecule has 0 spiro atoms. The Kier molecular flexibility index (Phi) is 3.19. The highest BCUT2D eigenvalue weighted by Crippen LogP contribution is 2.18. The number of hydrogen-bond donors (Lipinski definition) is 1. The highest BCUT2D eigenvalue weighted by molar-refractivity contribution is 6.03. The van der Waals surface area contributed by atoms with E-state index in [2.05, 4.69) is 10.4 Å². The average Bonchev–Trinajstić information content (AvgIpc) is 2.64. The first kappa shape index (κ1) is 12.4. The summed E-state index contributed by atoms with van der Waals surface area (Å²) in [4.78, 5) is 12.1. The fraction of sp³-hybridized carbons (Fsp3) is 0.286. The van der Waals surface area contributed by atoms with Gasteiger partial charge in [0, 0.05) is 12.7 Å². The van der Waals surface area contributed by atoms with Crippen molar-refractivity contribution in [1.82, 2.24) is 9.78 Å². The first-order chi connectivity index (χ1) is 8.49. The molecule has 0 aliphatic heterocycles. The molecule has 0 aliphatic carbocycles. The second-order valence-electron chi connectivity index (χ2n) is 4.50. The van der Waals surface area contributed by atoms with Gasteiger partial charge in [-0.15, -0.1) is 0 Å². The summed E-state index contributed by atoms with van der Waals surface area (Å²) in [5.41, 5.74) is 4.50. The Labute approximate surface area is 107 Å². The maximum absolute atomic E-state index is 12.1. The maximum atomic E-state index is 12.1. The molecule has 4 heteroatoms. The zero-order valence-electron chi connectivity index (χ0n) is 11.1. The number of carbonyl (C=O) groups is 1. The van der Waals surface area contributed by atoms with Gasteiger partial charge in [-0.3, -0.25) is 9.48 Å². The van der Waals surface area contributed by atoms with Crippen LogP contribution < -0.4 is 5.32 Å². The standard InChI is InChI=1S/C14H17N3O/c1-9-6-5-7-12(11(9)3)15-14(18)13-8-10(2)16-17(13)4/h5-8H,1-4H3,(H,15,18). The topological polar surface area (TPSA) is 46.9 Å². The fourth-order valence-electron chi connectivity index (χ4n) is 1.90. The monoisotopic (exact) mass is 243 g/mol. The molecule has 2 aromatic rings. The van der Waals surface area contributed by atoms with Crippen LogP contribution in [0.15, 0.2) is 24.3 Å². The van der Waals surface area contributed by atoms with Gasteiger partial charge in [-0.1, -0.05) is 12.1 Å². The van der Waals surface area contributed by atoms with Gasteiger partial charge in [0.1, 0.15) is 5.69 Å². The van der Waals surface area contributed by atoms with E-state index in [9.17, 15) is 4.79 Å². The number of hydrogen-bond acceptors (Lipinski definition) is 2. The van der Waals surface area contributed by atoms with Crippen LogP contribution in [0.5, 0.6) is 0 Å². The molecular formula is C14H17N3O. The summed E-state index contributed by atoms with van der Waals surface area (Å²) in [6, 6.07) is 7.65. The molecule has 0 atom stereocenters. The molecular weight excluding hydrogens is 226 g/mol. The Hall–Kier alpha value is -2.10. The minimum atomic E-state index is -0.133. The van der Waals surface area contributed by atoms with E-state index in [4.69, 9.17) is 0 Å². The van der Waals surface area contributed by atoms with E-state index in [-0.39, 0.29) is 5.91 Å². The number of nitrogens with zero attached hydrogens (tertiary/aromatic N) is 2. The molecule has 0 fully saturated rings. The van der Waals surface area contributed by atoms with Gasteiger partial charge in [0.15, 0.2) is 0 Å². The molecule has 0 saturated carbocycles. The first-order valence-corrected chi connectivity index (χ1v) is 5.87. The Balaban J connectivity index is 2.27. The molecule has 4 nitrogen and oxygen atoms in total. The summed E-state index contributed by atoms with van der Waals surface area (Å²) in [6.07, 6.45) is 0. The summed E-state index contributed by atoms with van der Waals surface area (Å²) in [5, 5.41) is 7.09. The van der Waals surface area contributed by atoms with Gasteiger partial charge in [0.05, 0.1) is 5.69 Å². The smallest absolute Gasteiger partial charge is 0.273 e. The predicted molar refractivity (Wildman–Crippen MR) is 71.8 cm³/mol. The average molecular weight is 243 g/mol. The van der Waals surface area contributed by atoms with Crippen LogP contribution in [0.2, 0.25) is 0 Å². The lowest BCUT2D eigenvalue weighted by atomic mass is 10.1. The van der Waals surface area contributed by atoms with Crippen LogP contribution in [-0.2, 0) is 7.05 Å². The van der Waals surface area contributed by atoms with Crippen LogP contribution in [0, 0.1) is 20.8 Å². The minimum absolute atomic E-state index is 0.133. The van der Waals surface area contributed by atoms with Crippen LogP contribution >= 0.6 is 0 Å². The van der Waals surface area contributed by atoms with Crippen molar-refractivity contribution >= 4 is 11.6 Å². The van der Waals surface area contributed by atoms with E-state index >= 15 is 0 Å². The maximum Gasteiger partial charge on any atom is 0.273 e. The van der Waals surface area contributed by atoms with Crippen LogP contribution in [-0.4, -0.2) is 15.7 Å². The molecule has 0 unspecified atom stereocenters. The Morgan fingerprint density at radius 2 is 2.00 bits per heavy atom. The largest absolute Gasteiger partial charge is 0.320 e. The molecule has 1 aromatic carbocycles. The van der Waals surface area contributed by atoms with Crippen molar-refractivity contribution in [2.24, 2.45) is 7.05 Å². The molecule has 0 saturated heterocycles. The number of benzene rings is 1. The second-order valence-corrected chi connectivity index (χ2v) is 4.50. The first-order valence-electron chi connectivity index (χ1n) is 5.87. The summed E-state index contributed by atoms with van der Waals surface area (Å²) in [5.74, 6) is -0.133. The third kappa shape index (κ3) is 2.27. The Bertz CT molecular complexity index is 599. The highest BCUT2D eigenvalue weighted by atomic mass is 16.2. The molecule has 1 amide bonds. The summed E-state index contributed by atoms with van der Waals surface area (Å²) in [7, 11) is 1.77. The number of rotatable bonds is 2. The number of nitrogens with one attached hydrogen (secondary N) is 1. The van der Waals surface area contributed by atoms with Crippen LogP contribution in [0.25, 0.3) is 0 Å². The number of amides is 1. The lowest BCUT2D eigenvalue weighted by Gasteiger charge is -2.10. The lowest BCUT2D eigenvalue weighted by molar-refractivity contribution is 0.101. The Morgan fingerprint density at radius 3 is 2.61 bits per heavy atom. The van der Waals surface area contributed by atoms with Crippen molar-refractivity contribution in [3.8, 4) is 0 Å². The van der Waals surface area contributed by atoms with E-state index in [1.165, 1.54) is 0 Å². The third-order valence-corrected chi connectivity index (χ3v) is 3.09. The summed E-state index contributed by atoms with van der Waals surface area (Å²) < 4.78 is 1.59. The quantitative estimate of drug-likeness (QED) is 0.881. The molecule has 18 heavy (non-hydrogen) atoms. The normalized spacial score (nSPS) is 10.4. The predicted octanol–water partition coefficient (Wildman–Crippen LogP) is 2.60. The van der Waals surface area contributed by atoms with Crippen LogP contribution in [0.3, 0.4) is 0 Å². The van der Waals surface area contributed by atoms with Crippen molar-refractivity contribution in [3.63, 3.8) is 0 Å². The van der Waals surface area contributed by atoms with E-state index < -0.39 is 0 Å². The number of aromatic nitrogens is 2.